The predicted molar refractivity (Wildman–Crippen MR) is 112 cm³/mol. The molecule has 1 aromatic rings. The second-order valence-electron chi connectivity index (χ2n) is 8.82. The molecule has 2 aliphatic rings. The van der Waals surface area contributed by atoms with Crippen LogP contribution >= 0.6 is 0 Å². The summed E-state index contributed by atoms with van der Waals surface area (Å²) < 4.78 is 0. The van der Waals surface area contributed by atoms with Crippen LogP contribution in [0.5, 0.6) is 0 Å². The lowest BCUT2D eigenvalue weighted by molar-refractivity contribution is -0.132. The van der Waals surface area contributed by atoms with Gasteiger partial charge >= 0.3 is 5.97 Å². The van der Waals surface area contributed by atoms with Gasteiger partial charge in [-0.25, -0.2) is 4.79 Å². The number of aliphatic carboxylic acids is 1. The van der Waals surface area contributed by atoms with Crippen molar-refractivity contribution >= 4 is 5.97 Å². The largest absolute Gasteiger partial charge is 0.478 e. The number of benzene rings is 1. The molecule has 1 fully saturated rings. The number of allylic oxidation sites excluding steroid dienone is 3. The molecule has 0 heterocycles. The van der Waals surface area contributed by atoms with E-state index >= 15 is 0 Å². The summed E-state index contributed by atoms with van der Waals surface area (Å²) in [5, 5.41) is 9.65. The fourth-order valence-electron chi connectivity index (χ4n) is 6.36. The van der Waals surface area contributed by atoms with Crippen LogP contribution in [0.4, 0.5) is 0 Å². The van der Waals surface area contributed by atoms with Crippen molar-refractivity contribution in [1.29, 1.82) is 0 Å². The highest BCUT2D eigenvalue weighted by Crippen LogP contribution is 2.63. The second-order valence-corrected chi connectivity index (χ2v) is 8.82. The molecule has 1 aromatic carbocycles. The molecule has 0 aromatic heterocycles. The third kappa shape index (κ3) is 3.28. The van der Waals surface area contributed by atoms with E-state index in [2.05, 4.69) is 70.2 Å². The van der Waals surface area contributed by atoms with Gasteiger partial charge in [0.1, 0.15) is 0 Å². The van der Waals surface area contributed by atoms with Gasteiger partial charge in [-0.2, -0.15) is 0 Å². The molecule has 0 amide bonds. The number of carbonyl (C=O) groups is 1. The van der Waals surface area contributed by atoms with E-state index in [1.54, 1.807) is 12.5 Å². The summed E-state index contributed by atoms with van der Waals surface area (Å²) in [6.45, 7) is 11.1. The fourth-order valence-corrected chi connectivity index (χ4v) is 6.36. The normalized spacial score (nSPS) is 36.3. The highest BCUT2D eigenvalue weighted by atomic mass is 16.4. The number of rotatable bonds is 5. The maximum Gasteiger partial charge on any atom is 0.330 e. The smallest absolute Gasteiger partial charge is 0.330 e. The van der Waals surface area contributed by atoms with Gasteiger partial charge in [0.25, 0.3) is 0 Å². The lowest BCUT2D eigenvalue weighted by Gasteiger charge is -2.51. The zero-order chi connectivity index (χ0) is 19.8. The summed E-state index contributed by atoms with van der Waals surface area (Å²) in [6.07, 6.45) is 7.91. The van der Waals surface area contributed by atoms with Gasteiger partial charge in [-0.3, -0.25) is 0 Å². The standard InChI is InChI=1S/C25H34O2/c1-6-19-14-21(20-11-9-8-10-12-20)25(7-2,15-18(5)24(26)27)23-17(4)13-16(3)22(19)23/h8-12,14-17,21-23H,6-7,13H2,1-5H3,(H,26,27)/b18-15+/t16-,17-,21+,22+,23-,25+/m1/s1. The summed E-state index contributed by atoms with van der Waals surface area (Å²) in [6, 6.07) is 10.7. The Bertz CT molecular complexity index is 745. The molecule has 0 spiro atoms. The van der Waals surface area contributed by atoms with Crippen molar-refractivity contribution in [2.75, 3.05) is 0 Å². The molecule has 0 bridgehead atoms. The average molecular weight is 367 g/mol. The first kappa shape index (κ1) is 19.9. The number of hydrogen-bond acceptors (Lipinski definition) is 1. The molecule has 2 nitrogen and oxygen atoms in total. The van der Waals surface area contributed by atoms with Gasteiger partial charge in [0, 0.05) is 16.9 Å². The number of hydrogen-bond donors (Lipinski definition) is 1. The molecule has 1 saturated carbocycles. The quantitative estimate of drug-likeness (QED) is 0.480. The van der Waals surface area contributed by atoms with Crippen LogP contribution in [0.1, 0.15) is 65.4 Å². The van der Waals surface area contributed by atoms with E-state index in [0.717, 1.165) is 12.8 Å². The van der Waals surface area contributed by atoms with Crippen LogP contribution in [0.15, 0.2) is 53.6 Å². The van der Waals surface area contributed by atoms with E-state index in [1.807, 2.05) is 0 Å². The Morgan fingerprint density at radius 1 is 1.19 bits per heavy atom. The van der Waals surface area contributed by atoms with Crippen LogP contribution < -0.4 is 0 Å². The maximum absolute atomic E-state index is 11.7. The summed E-state index contributed by atoms with van der Waals surface area (Å²) in [4.78, 5) is 11.7. The topological polar surface area (TPSA) is 37.3 Å². The monoisotopic (exact) mass is 366 g/mol. The zero-order valence-corrected chi connectivity index (χ0v) is 17.4. The van der Waals surface area contributed by atoms with E-state index < -0.39 is 5.97 Å². The SMILES string of the molecule is CCC1=C[C@@H](c2ccccc2)[C@@](/C=C(\C)C(=O)O)(CC)[C@H]2[C@H]1[C@H](C)C[C@H]2C. The summed E-state index contributed by atoms with van der Waals surface area (Å²) in [7, 11) is 0. The van der Waals surface area contributed by atoms with E-state index in [1.165, 1.54) is 12.0 Å². The minimum Gasteiger partial charge on any atom is -0.478 e. The molecule has 2 heteroatoms. The lowest BCUT2D eigenvalue weighted by atomic mass is 9.52. The Labute approximate surface area is 164 Å². The van der Waals surface area contributed by atoms with E-state index in [4.69, 9.17) is 0 Å². The Balaban J connectivity index is 2.27. The average Bonchev–Trinajstić information content (AvgIpc) is 2.97. The van der Waals surface area contributed by atoms with Crippen molar-refractivity contribution in [3.05, 3.63) is 59.2 Å². The van der Waals surface area contributed by atoms with Gasteiger partial charge in [0.15, 0.2) is 0 Å². The zero-order valence-electron chi connectivity index (χ0n) is 17.4. The number of fused-ring (bicyclic) bond motifs is 1. The Kier molecular flexibility index (Phi) is 5.65. The molecular formula is C25H34O2. The number of carboxylic acid groups (broad SMARTS) is 1. The highest BCUT2D eigenvalue weighted by Gasteiger charge is 2.55. The van der Waals surface area contributed by atoms with E-state index in [0.29, 0.717) is 29.2 Å². The van der Waals surface area contributed by atoms with Crippen LogP contribution in [-0.4, -0.2) is 11.1 Å². The number of carboxylic acids is 1. The Morgan fingerprint density at radius 3 is 2.41 bits per heavy atom. The van der Waals surface area contributed by atoms with Crippen molar-refractivity contribution in [3.8, 4) is 0 Å². The minimum absolute atomic E-state index is 0.142. The first-order valence-corrected chi connectivity index (χ1v) is 10.5. The highest BCUT2D eigenvalue weighted by molar-refractivity contribution is 5.86. The molecule has 0 aliphatic heterocycles. The van der Waals surface area contributed by atoms with Gasteiger partial charge in [0.2, 0.25) is 0 Å². The van der Waals surface area contributed by atoms with Crippen LogP contribution in [0.2, 0.25) is 0 Å². The van der Waals surface area contributed by atoms with Gasteiger partial charge in [-0.05, 0) is 55.4 Å². The van der Waals surface area contributed by atoms with Crippen LogP contribution in [0.25, 0.3) is 0 Å². The van der Waals surface area contributed by atoms with Gasteiger partial charge in [-0.1, -0.05) is 75.8 Å². The Hall–Kier alpha value is -1.83. The molecule has 3 rings (SSSR count). The lowest BCUT2D eigenvalue weighted by Crippen LogP contribution is -2.43. The molecule has 2 aliphatic carbocycles. The molecule has 0 radical (unpaired) electrons. The molecule has 27 heavy (non-hydrogen) atoms. The second kappa shape index (κ2) is 7.66. The van der Waals surface area contributed by atoms with Crippen LogP contribution in [0, 0.1) is 29.1 Å². The van der Waals surface area contributed by atoms with Gasteiger partial charge in [-0.15, -0.1) is 0 Å². The minimum atomic E-state index is -0.796. The summed E-state index contributed by atoms with van der Waals surface area (Å²) >= 11 is 0. The predicted octanol–water partition coefficient (Wildman–Crippen LogP) is 6.46. The molecule has 0 saturated heterocycles. The van der Waals surface area contributed by atoms with Crippen molar-refractivity contribution in [1.82, 2.24) is 0 Å². The van der Waals surface area contributed by atoms with Crippen molar-refractivity contribution in [2.45, 2.75) is 59.8 Å². The first-order valence-electron chi connectivity index (χ1n) is 10.5. The van der Waals surface area contributed by atoms with Gasteiger partial charge in [0.05, 0.1) is 0 Å². The summed E-state index contributed by atoms with van der Waals surface area (Å²) in [5.41, 5.74) is 3.23. The van der Waals surface area contributed by atoms with Crippen molar-refractivity contribution in [2.24, 2.45) is 29.1 Å². The van der Waals surface area contributed by atoms with E-state index in [-0.39, 0.29) is 11.3 Å². The first-order chi connectivity index (χ1) is 12.9. The third-order valence-corrected chi connectivity index (χ3v) is 7.37. The van der Waals surface area contributed by atoms with Crippen molar-refractivity contribution in [3.63, 3.8) is 0 Å². The molecule has 146 valence electrons. The molecule has 1 N–H and O–H groups in total. The fraction of sp³-hybridized carbons (Fsp3) is 0.560. The molecular weight excluding hydrogens is 332 g/mol. The van der Waals surface area contributed by atoms with E-state index in [9.17, 15) is 9.90 Å². The van der Waals surface area contributed by atoms with Crippen molar-refractivity contribution < 1.29 is 9.90 Å². The van der Waals surface area contributed by atoms with Crippen LogP contribution in [0.3, 0.4) is 0 Å². The van der Waals surface area contributed by atoms with Crippen LogP contribution in [-0.2, 0) is 4.79 Å². The summed E-state index contributed by atoms with van der Waals surface area (Å²) in [5.74, 6) is 1.78. The maximum atomic E-state index is 11.7. The molecule has 6 atom stereocenters. The third-order valence-electron chi connectivity index (χ3n) is 7.37. The molecule has 0 unspecified atom stereocenters. The Morgan fingerprint density at radius 2 is 1.85 bits per heavy atom. The van der Waals surface area contributed by atoms with Gasteiger partial charge < -0.3 is 5.11 Å².